The first-order valence-corrected chi connectivity index (χ1v) is 7.70. The number of carbonyl (C=O) groups excluding carboxylic acids is 1. The summed E-state index contributed by atoms with van der Waals surface area (Å²) < 4.78 is 18.5. The molecule has 114 valence electrons. The number of hydrogen-bond donors (Lipinski definition) is 1. The predicted molar refractivity (Wildman–Crippen MR) is 82.0 cm³/mol. The van der Waals surface area contributed by atoms with Gasteiger partial charge in [0, 0.05) is 22.6 Å². The predicted octanol–water partition coefficient (Wildman–Crippen LogP) is 3.02. The highest BCUT2D eigenvalue weighted by Crippen LogP contribution is 2.26. The Morgan fingerprint density at radius 3 is 3.14 bits per heavy atom. The third-order valence-electron chi connectivity index (χ3n) is 3.43. The van der Waals surface area contributed by atoms with Crippen LogP contribution >= 0.6 is 11.3 Å². The maximum absolute atomic E-state index is 13.8. The molecule has 3 rings (SSSR count). The number of ether oxygens (including phenoxy) is 1. The van der Waals surface area contributed by atoms with Crippen LogP contribution in [0.5, 0.6) is 0 Å². The zero-order chi connectivity index (χ0) is 15.5. The Morgan fingerprint density at radius 2 is 2.41 bits per heavy atom. The molecule has 0 amide bonds. The van der Waals surface area contributed by atoms with Crippen molar-refractivity contribution in [3.05, 3.63) is 40.5 Å². The van der Waals surface area contributed by atoms with E-state index < -0.39 is 5.82 Å². The molecule has 22 heavy (non-hydrogen) atoms. The van der Waals surface area contributed by atoms with E-state index in [2.05, 4.69) is 15.3 Å². The molecule has 1 aliphatic rings. The van der Waals surface area contributed by atoms with Crippen molar-refractivity contribution in [1.29, 1.82) is 0 Å². The minimum absolute atomic E-state index is 0.00915. The smallest absolute Gasteiger partial charge is 0.333 e. The van der Waals surface area contributed by atoms with Crippen LogP contribution < -0.4 is 5.32 Å². The number of carbonyl (C=O) groups is 1. The normalized spacial score (nSPS) is 17.2. The first-order chi connectivity index (χ1) is 10.7. The van der Waals surface area contributed by atoms with Crippen molar-refractivity contribution in [2.75, 3.05) is 12.4 Å². The first-order valence-electron chi connectivity index (χ1n) is 6.76. The molecule has 7 heteroatoms. The van der Waals surface area contributed by atoms with E-state index in [1.807, 2.05) is 22.9 Å². The van der Waals surface area contributed by atoms with Crippen molar-refractivity contribution in [3.8, 4) is 11.3 Å². The standard InChI is InChI=1S/C15H14FN3O2S/c1-21-14(20)9-2-3-11(6-9)18-15-17-7-12(16)13(19-15)10-4-5-22-8-10/h2,4-5,7-8,11H,3,6H2,1H3,(H,17,18,19). The molecule has 0 aliphatic heterocycles. The molecule has 2 heterocycles. The van der Waals surface area contributed by atoms with E-state index >= 15 is 0 Å². The Labute approximate surface area is 130 Å². The lowest BCUT2D eigenvalue weighted by Crippen LogP contribution is -2.19. The molecular formula is C15H14FN3O2S. The Kier molecular flexibility index (Phi) is 4.15. The second kappa shape index (κ2) is 6.23. The number of methoxy groups -OCH3 is 1. The molecule has 2 aromatic rings. The molecule has 0 saturated carbocycles. The van der Waals surface area contributed by atoms with Gasteiger partial charge in [-0.25, -0.2) is 19.2 Å². The van der Waals surface area contributed by atoms with Gasteiger partial charge in [0.15, 0.2) is 5.82 Å². The summed E-state index contributed by atoms with van der Waals surface area (Å²) >= 11 is 1.48. The van der Waals surface area contributed by atoms with E-state index in [0.29, 0.717) is 24.4 Å². The zero-order valence-corrected chi connectivity index (χ0v) is 12.7. The molecule has 5 nitrogen and oxygen atoms in total. The highest BCUT2D eigenvalue weighted by Gasteiger charge is 2.23. The van der Waals surface area contributed by atoms with E-state index in [0.717, 1.165) is 11.8 Å². The van der Waals surface area contributed by atoms with Crippen LogP contribution in [0.4, 0.5) is 10.3 Å². The molecule has 0 saturated heterocycles. The number of nitrogens with one attached hydrogen (secondary N) is 1. The van der Waals surface area contributed by atoms with Gasteiger partial charge in [0.25, 0.3) is 0 Å². The van der Waals surface area contributed by atoms with Gasteiger partial charge in [-0.3, -0.25) is 0 Å². The summed E-state index contributed by atoms with van der Waals surface area (Å²) in [6.07, 6.45) is 4.22. The summed E-state index contributed by atoms with van der Waals surface area (Å²) in [5.74, 6) is -0.417. The third kappa shape index (κ3) is 2.99. The fourth-order valence-electron chi connectivity index (χ4n) is 2.35. The maximum Gasteiger partial charge on any atom is 0.333 e. The van der Waals surface area contributed by atoms with Gasteiger partial charge >= 0.3 is 5.97 Å². The van der Waals surface area contributed by atoms with Crippen LogP contribution in [-0.4, -0.2) is 29.1 Å². The van der Waals surface area contributed by atoms with Crippen LogP contribution in [0, 0.1) is 5.82 Å². The number of halogens is 1. The number of rotatable bonds is 4. The molecule has 1 N–H and O–H groups in total. The summed E-state index contributed by atoms with van der Waals surface area (Å²) in [4.78, 5) is 19.7. The van der Waals surface area contributed by atoms with Crippen molar-refractivity contribution in [2.45, 2.75) is 18.9 Å². The van der Waals surface area contributed by atoms with Crippen LogP contribution in [-0.2, 0) is 9.53 Å². The monoisotopic (exact) mass is 319 g/mol. The average molecular weight is 319 g/mol. The van der Waals surface area contributed by atoms with Crippen molar-refractivity contribution >= 4 is 23.3 Å². The highest BCUT2D eigenvalue weighted by molar-refractivity contribution is 7.08. The van der Waals surface area contributed by atoms with Crippen LogP contribution in [0.2, 0.25) is 0 Å². The number of anilines is 1. The van der Waals surface area contributed by atoms with E-state index in [1.54, 1.807) is 0 Å². The van der Waals surface area contributed by atoms with E-state index in [9.17, 15) is 9.18 Å². The fraction of sp³-hybridized carbons (Fsp3) is 0.267. The van der Waals surface area contributed by atoms with Crippen molar-refractivity contribution in [2.24, 2.45) is 0 Å². The molecule has 0 fully saturated rings. The summed E-state index contributed by atoms with van der Waals surface area (Å²) in [7, 11) is 1.36. The molecular weight excluding hydrogens is 305 g/mol. The molecule has 0 radical (unpaired) electrons. The van der Waals surface area contributed by atoms with Gasteiger partial charge in [-0.15, -0.1) is 0 Å². The van der Waals surface area contributed by atoms with Crippen LogP contribution in [0.3, 0.4) is 0 Å². The summed E-state index contributed by atoms with van der Waals surface area (Å²) in [5, 5.41) is 6.84. The van der Waals surface area contributed by atoms with Crippen LogP contribution in [0.25, 0.3) is 11.3 Å². The molecule has 2 aromatic heterocycles. The van der Waals surface area contributed by atoms with Crippen molar-refractivity contribution in [3.63, 3.8) is 0 Å². The topological polar surface area (TPSA) is 64.1 Å². The van der Waals surface area contributed by atoms with Crippen LogP contribution in [0.1, 0.15) is 12.8 Å². The number of hydrogen-bond acceptors (Lipinski definition) is 6. The van der Waals surface area contributed by atoms with E-state index in [-0.39, 0.29) is 17.7 Å². The van der Waals surface area contributed by atoms with Gasteiger partial charge in [-0.1, -0.05) is 6.08 Å². The number of esters is 1. The maximum atomic E-state index is 13.8. The number of aromatic nitrogens is 2. The zero-order valence-electron chi connectivity index (χ0n) is 11.9. The lowest BCUT2D eigenvalue weighted by atomic mass is 10.2. The van der Waals surface area contributed by atoms with Gasteiger partial charge in [-0.2, -0.15) is 11.3 Å². The second-order valence-electron chi connectivity index (χ2n) is 4.90. The summed E-state index contributed by atoms with van der Waals surface area (Å²) in [5.41, 5.74) is 1.64. The third-order valence-corrected chi connectivity index (χ3v) is 4.12. The van der Waals surface area contributed by atoms with Crippen molar-refractivity contribution in [1.82, 2.24) is 9.97 Å². The Hall–Kier alpha value is -2.28. The number of thiophene rings is 1. The molecule has 1 atom stereocenters. The lowest BCUT2D eigenvalue weighted by Gasteiger charge is -2.13. The molecule has 1 aliphatic carbocycles. The largest absolute Gasteiger partial charge is 0.466 e. The Balaban J connectivity index is 1.72. The molecule has 0 bridgehead atoms. The lowest BCUT2D eigenvalue weighted by molar-refractivity contribution is -0.136. The second-order valence-corrected chi connectivity index (χ2v) is 5.68. The van der Waals surface area contributed by atoms with Gasteiger partial charge in [0.05, 0.1) is 13.3 Å². The van der Waals surface area contributed by atoms with Gasteiger partial charge in [0.1, 0.15) is 5.69 Å². The van der Waals surface area contributed by atoms with Gasteiger partial charge in [0.2, 0.25) is 5.95 Å². The number of nitrogens with zero attached hydrogens (tertiary/aromatic N) is 2. The highest BCUT2D eigenvalue weighted by atomic mass is 32.1. The van der Waals surface area contributed by atoms with Gasteiger partial charge < -0.3 is 10.1 Å². The van der Waals surface area contributed by atoms with Crippen molar-refractivity contribution < 1.29 is 13.9 Å². The summed E-state index contributed by atoms with van der Waals surface area (Å²) in [6, 6.07) is 1.82. The fourth-order valence-corrected chi connectivity index (χ4v) is 2.99. The summed E-state index contributed by atoms with van der Waals surface area (Å²) in [6.45, 7) is 0. The van der Waals surface area contributed by atoms with E-state index in [4.69, 9.17) is 4.74 Å². The Bertz CT molecular complexity index is 716. The molecule has 0 spiro atoms. The van der Waals surface area contributed by atoms with E-state index in [1.165, 1.54) is 18.4 Å². The van der Waals surface area contributed by atoms with Crippen LogP contribution in [0.15, 0.2) is 34.7 Å². The minimum atomic E-state index is -0.455. The first kappa shape index (κ1) is 14.6. The molecule has 1 unspecified atom stereocenters. The average Bonchev–Trinajstić information content (AvgIpc) is 3.20. The quantitative estimate of drug-likeness (QED) is 0.878. The minimum Gasteiger partial charge on any atom is -0.466 e. The van der Waals surface area contributed by atoms with Gasteiger partial charge in [-0.05, 0) is 24.3 Å². The Morgan fingerprint density at radius 1 is 1.55 bits per heavy atom. The molecule has 0 aromatic carbocycles. The SMILES string of the molecule is COC(=O)C1=CCC(Nc2ncc(F)c(-c3ccsc3)n2)C1.